The summed E-state index contributed by atoms with van der Waals surface area (Å²) in [5, 5.41) is 2.72. The van der Waals surface area contributed by atoms with Gasteiger partial charge in [0.1, 0.15) is 12.3 Å². The molecule has 0 spiro atoms. The quantitative estimate of drug-likeness (QED) is 0.736. The van der Waals surface area contributed by atoms with Gasteiger partial charge in [-0.1, -0.05) is 18.2 Å². The van der Waals surface area contributed by atoms with Crippen molar-refractivity contribution in [3.63, 3.8) is 0 Å². The molecular formula is C22H22F2N4O4. The van der Waals surface area contributed by atoms with Crippen molar-refractivity contribution in [3.05, 3.63) is 59.7 Å². The van der Waals surface area contributed by atoms with Gasteiger partial charge in [0, 0.05) is 50.0 Å². The monoisotopic (exact) mass is 444 g/mol. The molecule has 0 bridgehead atoms. The normalized spacial score (nSPS) is 16.0. The van der Waals surface area contributed by atoms with Crippen LogP contribution >= 0.6 is 0 Å². The Kier molecular flexibility index (Phi) is 6.20. The van der Waals surface area contributed by atoms with E-state index in [0.717, 1.165) is 17.7 Å². The largest absolute Gasteiger partial charge is 0.483 e. The zero-order valence-corrected chi connectivity index (χ0v) is 17.2. The van der Waals surface area contributed by atoms with E-state index in [9.17, 15) is 23.2 Å². The Bertz CT molecular complexity index is 1050. The Morgan fingerprint density at radius 1 is 1.03 bits per heavy atom. The van der Waals surface area contributed by atoms with E-state index in [2.05, 4.69) is 5.32 Å². The van der Waals surface area contributed by atoms with Crippen LogP contribution in [0.2, 0.25) is 0 Å². The van der Waals surface area contributed by atoms with Gasteiger partial charge in [0.25, 0.3) is 5.91 Å². The van der Waals surface area contributed by atoms with Crippen LogP contribution in [0.5, 0.6) is 5.75 Å². The molecule has 0 unspecified atom stereocenters. The molecule has 2 aromatic rings. The molecule has 2 aliphatic rings. The van der Waals surface area contributed by atoms with Crippen LogP contribution in [-0.2, 0) is 16.1 Å². The molecule has 8 nitrogen and oxygen atoms in total. The number of nitrogens with one attached hydrogen (secondary N) is 1. The fraction of sp³-hybridized carbons (Fsp3) is 0.318. The van der Waals surface area contributed by atoms with E-state index in [-0.39, 0.29) is 50.3 Å². The molecule has 2 heterocycles. The number of fused-ring (bicyclic) bond motifs is 1. The third kappa shape index (κ3) is 4.63. The average molecular weight is 444 g/mol. The third-order valence-corrected chi connectivity index (χ3v) is 5.39. The van der Waals surface area contributed by atoms with Crippen molar-refractivity contribution in [3.8, 4) is 5.75 Å². The predicted octanol–water partition coefficient (Wildman–Crippen LogP) is 1.74. The van der Waals surface area contributed by atoms with Gasteiger partial charge >= 0.3 is 6.03 Å². The Labute approximate surface area is 183 Å². The molecular weight excluding hydrogens is 422 g/mol. The number of anilines is 1. The topological polar surface area (TPSA) is 82.2 Å². The standard InChI is InChI=1S/C22H22F2N4O4/c23-17-6-5-16(11-18(17)24)28-10-9-27(22(28)31)13-20(29)25-7-8-26-12-15-3-1-2-4-19(15)32-14-21(26)30/h1-6,11H,7-10,12-14H2,(H,25,29). The number of amides is 4. The molecule has 1 saturated heterocycles. The second-order valence-corrected chi connectivity index (χ2v) is 7.52. The lowest BCUT2D eigenvalue weighted by atomic mass is 10.2. The molecule has 32 heavy (non-hydrogen) atoms. The summed E-state index contributed by atoms with van der Waals surface area (Å²) in [5.41, 5.74) is 1.13. The number of rotatable bonds is 6. The number of ether oxygens (including phenoxy) is 1. The highest BCUT2D eigenvalue weighted by Crippen LogP contribution is 2.23. The smallest absolute Gasteiger partial charge is 0.325 e. The summed E-state index contributed by atoms with van der Waals surface area (Å²) in [5.74, 6) is -1.90. The molecule has 168 valence electrons. The molecule has 10 heteroatoms. The Balaban J connectivity index is 1.27. The van der Waals surface area contributed by atoms with E-state index in [1.54, 1.807) is 4.90 Å². The number of nitrogens with zero attached hydrogens (tertiary/aromatic N) is 3. The number of carbonyl (C=O) groups excluding carboxylic acids is 3. The van der Waals surface area contributed by atoms with Gasteiger partial charge in [0.05, 0.1) is 0 Å². The fourth-order valence-corrected chi connectivity index (χ4v) is 3.69. The molecule has 0 atom stereocenters. The number of hydrogen-bond acceptors (Lipinski definition) is 4. The predicted molar refractivity (Wildman–Crippen MR) is 111 cm³/mol. The van der Waals surface area contributed by atoms with Gasteiger partial charge in [-0.2, -0.15) is 0 Å². The molecule has 0 aromatic heterocycles. The van der Waals surface area contributed by atoms with Crippen LogP contribution in [0.4, 0.5) is 19.3 Å². The van der Waals surface area contributed by atoms with Crippen LogP contribution in [0, 0.1) is 11.6 Å². The van der Waals surface area contributed by atoms with Crippen LogP contribution in [0.15, 0.2) is 42.5 Å². The second kappa shape index (κ2) is 9.21. The molecule has 0 radical (unpaired) electrons. The summed E-state index contributed by atoms with van der Waals surface area (Å²) in [7, 11) is 0. The Morgan fingerprint density at radius 3 is 2.66 bits per heavy atom. The summed E-state index contributed by atoms with van der Waals surface area (Å²) >= 11 is 0. The molecule has 1 fully saturated rings. The zero-order valence-electron chi connectivity index (χ0n) is 17.2. The van der Waals surface area contributed by atoms with Gasteiger partial charge in [-0.05, 0) is 18.2 Å². The first-order valence-corrected chi connectivity index (χ1v) is 10.2. The maximum atomic E-state index is 13.5. The van der Waals surface area contributed by atoms with Gasteiger partial charge < -0.3 is 19.9 Å². The van der Waals surface area contributed by atoms with E-state index in [4.69, 9.17) is 4.74 Å². The minimum absolute atomic E-state index is 0.0624. The molecule has 2 aromatic carbocycles. The van der Waals surface area contributed by atoms with Gasteiger partial charge in [-0.3, -0.25) is 14.5 Å². The van der Waals surface area contributed by atoms with Crippen molar-refractivity contribution in [2.45, 2.75) is 6.54 Å². The SMILES string of the molecule is O=C(CN1CCN(c2ccc(F)c(F)c2)C1=O)NCCN1Cc2ccccc2OCC1=O. The minimum Gasteiger partial charge on any atom is -0.483 e. The summed E-state index contributed by atoms with van der Waals surface area (Å²) in [6, 6.07) is 10.2. The maximum absolute atomic E-state index is 13.5. The number of halogens is 2. The first kappa shape index (κ1) is 21.5. The van der Waals surface area contributed by atoms with E-state index in [0.29, 0.717) is 18.8 Å². The van der Waals surface area contributed by atoms with Gasteiger partial charge in [-0.15, -0.1) is 0 Å². The number of hydrogen-bond donors (Lipinski definition) is 1. The van der Waals surface area contributed by atoms with Crippen molar-refractivity contribution >= 4 is 23.5 Å². The summed E-state index contributed by atoms with van der Waals surface area (Å²) in [6.45, 7) is 1.23. The average Bonchev–Trinajstić information content (AvgIpc) is 3.05. The van der Waals surface area contributed by atoms with Crippen molar-refractivity contribution in [1.29, 1.82) is 0 Å². The first-order valence-electron chi connectivity index (χ1n) is 10.2. The Hall–Kier alpha value is -3.69. The molecule has 2 aliphatic heterocycles. The lowest BCUT2D eigenvalue weighted by Crippen LogP contribution is -2.43. The summed E-state index contributed by atoms with van der Waals surface area (Å²) < 4.78 is 32.1. The van der Waals surface area contributed by atoms with Gasteiger partial charge in [0.15, 0.2) is 18.2 Å². The zero-order chi connectivity index (χ0) is 22.7. The molecule has 1 N–H and O–H groups in total. The van der Waals surface area contributed by atoms with E-state index < -0.39 is 17.7 Å². The molecule has 0 aliphatic carbocycles. The van der Waals surface area contributed by atoms with E-state index in [1.807, 2.05) is 24.3 Å². The molecule has 4 rings (SSSR count). The van der Waals surface area contributed by atoms with Crippen LogP contribution in [-0.4, -0.2) is 67.0 Å². The van der Waals surface area contributed by atoms with Crippen LogP contribution in [0.1, 0.15) is 5.56 Å². The van der Waals surface area contributed by atoms with Gasteiger partial charge in [-0.25, -0.2) is 13.6 Å². The molecule has 4 amide bonds. The van der Waals surface area contributed by atoms with Crippen LogP contribution in [0.25, 0.3) is 0 Å². The van der Waals surface area contributed by atoms with Crippen LogP contribution in [0.3, 0.4) is 0 Å². The lowest BCUT2D eigenvalue weighted by Gasteiger charge is -2.21. The third-order valence-electron chi connectivity index (χ3n) is 5.39. The van der Waals surface area contributed by atoms with Crippen molar-refractivity contribution < 1.29 is 27.9 Å². The van der Waals surface area contributed by atoms with Crippen molar-refractivity contribution in [1.82, 2.24) is 15.1 Å². The highest BCUT2D eigenvalue weighted by molar-refractivity contribution is 5.96. The van der Waals surface area contributed by atoms with Crippen LogP contribution < -0.4 is 15.0 Å². The number of carbonyl (C=O) groups is 3. The fourth-order valence-electron chi connectivity index (χ4n) is 3.69. The summed E-state index contributed by atoms with van der Waals surface area (Å²) in [4.78, 5) is 41.4. The highest BCUT2D eigenvalue weighted by Gasteiger charge is 2.31. The second-order valence-electron chi connectivity index (χ2n) is 7.52. The maximum Gasteiger partial charge on any atom is 0.325 e. The number of para-hydroxylation sites is 1. The first-order chi connectivity index (χ1) is 15.4. The Morgan fingerprint density at radius 2 is 1.84 bits per heavy atom. The van der Waals surface area contributed by atoms with E-state index in [1.165, 1.54) is 15.9 Å². The minimum atomic E-state index is -1.04. The molecule has 0 saturated carbocycles. The number of urea groups is 1. The number of benzene rings is 2. The van der Waals surface area contributed by atoms with Crippen molar-refractivity contribution in [2.75, 3.05) is 44.2 Å². The van der Waals surface area contributed by atoms with Gasteiger partial charge in [0.2, 0.25) is 5.91 Å². The lowest BCUT2D eigenvalue weighted by molar-refractivity contribution is -0.133. The van der Waals surface area contributed by atoms with Crippen molar-refractivity contribution in [2.24, 2.45) is 0 Å². The summed E-state index contributed by atoms with van der Waals surface area (Å²) in [6.07, 6.45) is 0. The van der Waals surface area contributed by atoms with E-state index >= 15 is 0 Å². The highest BCUT2D eigenvalue weighted by atomic mass is 19.2.